The fraction of sp³-hybridized carbons (Fsp3) is 0.333. The molecule has 2 N–H and O–H groups in total. The van der Waals surface area contributed by atoms with Crippen LogP contribution in [0.5, 0.6) is 0 Å². The Morgan fingerprint density at radius 2 is 1.79 bits per heavy atom. The van der Waals surface area contributed by atoms with Crippen molar-refractivity contribution in [2.75, 3.05) is 29.9 Å². The second kappa shape index (κ2) is 9.55. The highest BCUT2D eigenvalue weighted by Crippen LogP contribution is 2.31. The van der Waals surface area contributed by atoms with Gasteiger partial charge in [-0.3, -0.25) is 9.59 Å². The highest BCUT2D eigenvalue weighted by molar-refractivity contribution is 6.30. The van der Waals surface area contributed by atoms with E-state index in [2.05, 4.69) is 15.5 Å². The fourth-order valence-corrected chi connectivity index (χ4v) is 3.34. The van der Waals surface area contributed by atoms with Crippen molar-refractivity contribution in [2.45, 2.75) is 25.7 Å². The van der Waals surface area contributed by atoms with E-state index in [0.29, 0.717) is 23.6 Å². The number of rotatable bonds is 7. The molecule has 0 bridgehead atoms. The van der Waals surface area contributed by atoms with E-state index in [1.165, 1.54) is 6.07 Å². The van der Waals surface area contributed by atoms with Gasteiger partial charge in [0.15, 0.2) is 0 Å². The number of hydrogen-bond donors (Lipinski definition) is 2. The molecule has 1 heterocycles. The molecule has 0 spiro atoms. The minimum absolute atomic E-state index is 0.189. The number of carbonyl (C=O) groups is 2. The van der Waals surface area contributed by atoms with Gasteiger partial charge in [-0.25, -0.2) is 4.39 Å². The Kier molecular flexibility index (Phi) is 6.87. The van der Waals surface area contributed by atoms with Crippen LogP contribution < -0.4 is 15.5 Å². The zero-order valence-electron chi connectivity index (χ0n) is 15.5. The Hall–Kier alpha value is -2.60. The first-order valence-corrected chi connectivity index (χ1v) is 9.79. The van der Waals surface area contributed by atoms with Crippen LogP contribution in [0.1, 0.15) is 36.0 Å². The molecule has 5 nitrogen and oxygen atoms in total. The number of hydrogen-bond acceptors (Lipinski definition) is 3. The van der Waals surface area contributed by atoms with Crippen LogP contribution in [-0.2, 0) is 4.79 Å². The third kappa shape index (κ3) is 5.23. The molecule has 2 amide bonds. The van der Waals surface area contributed by atoms with Crippen LogP contribution in [0.4, 0.5) is 15.8 Å². The standard InChI is InChI=1S/C21H23ClFN3O2/c22-16-10-8-15(9-11-16)21(28)24-12-4-7-19(27)25-20-17(23)5-3-6-18(20)26-13-1-2-14-26/h3,5-6,8-11H,1-2,4,7,12-14H2,(H,24,28)(H,25,27). The minimum Gasteiger partial charge on any atom is -0.370 e. The molecule has 0 atom stereocenters. The number of nitrogens with one attached hydrogen (secondary N) is 2. The van der Waals surface area contributed by atoms with Crippen molar-refractivity contribution in [3.05, 3.63) is 58.9 Å². The van der Waals surface area contributed by atoms with Crippen LogP contribution in [0, 0.1) is 5.82 Å². The highest BCUT2D eigenvalue weighted by Gasteiger charge is 2.19. The second-order valence-corrected chi connectivity index (χ2v) is 7.18. The molecule has 0 unspecified atom stereocenters. The molecule has 7 heteroatoms. The average Bonchev–Trinajstić information content (AvgIpc) is 3.22. The third-order valence-corrected chi connectivity index (χ3v) is 4.93. The van der Waals surface area contributed by atoms with Crippen LogP contribution in [0.15, 0.2) is 42.5 Å². The van der Waals surface area contributed by atoms with Gasteiger partial charge in [0.25, 0.3) is 5.91 Å². The van der Waals surface area contributed by atoms with E-state index < -0.39 is 5.82 Å². The normalized spacial score (nSPS) is 13.4. The number of carbonyl (C=O) groups excluding carboxylic acids is 2. The SMILES string of the molecule is O=C(CCCNC(=O)c1ccc(Cl)cc1)Nc1c(F)cccc1N1CCCC1. The molecule has 1 saturated heterocycles. The summed E-state index contributed by atoms with van der Waals surface area (Å²) in [6.45, 7) is 2.08. The molecule has 0 radical (unpaired) electrons. The summed E-state index contributed by atoms with van der Waals surface area (Å²) in [5.74, 6) is -0.928. The first kappa shape index (κ1) is 20.1. The molecular formula is C21H23ClFN3O2. The van der Waals surface area contributed by atoms with Crippen molar-refractivity contribution in [1.82, 2.24) is 5.32 Å². The summed E-state index contributed by atoms with van der Waals surface area (Å²) in [5, 5.41) is 6.02. The molecule has 0 aliphatic carbocycles. The van der Waals surface area contributed by atoms with Crippen LogP contribution in [0.25, 0.3) is 0 Å². The predicted molar refractivity (Wildman–Crippen MR) is 109 cm³/mol. The van der Waals surface area contributed by atoms with Gasteiger partial charge < -0.3 is 15.5 Å². The van der Waals surface area contributed by atoms with Gasteiger partial charge >= 0.3 is 0 Å². The van der Waals surface area contributed by atoms with E-state index >= 15 is 0 Å². The Labute approximate surface area is 168 Å². The summed E-state index contributed by atoms with van der Waals surface area (Å²) in [6.07, 6.45) is 2.78. The lowest BCUT2D eigenvalue weighted by atomic mass is 10.2. The lowest BCUT2D eigenvalue weighted by molar-refractivity contribution is -0.116. The van der Waals surface area contributed by atoms with Gasteiger partial charge in [0.2, 0.25) is 5.91 Å². The van der Waals surface area contributed by atoms with Gasteiger partial charge in [0, 0.05) is 36.6 Å². The maximum atomic E-state index is 14.3. The van der Waals surface area contributed by atoms with Crippen molar-refractivity contribution in [3.8, 4) is 0 Å². The molecule has 2 aromatic rings. The van der Waals surface area contributed by atoms with Gasteiger partial charge in [0.1, 0.15) is 11.5 Å². The van der Waals surface area contributed by atoms with Crippen LogP contribution in [0.3, 0.4) is 0 Å². The maximum Gasteiger partial charge on any atom is 0.251 e. The van der Waals surface area contributed by atoms with Gasteiger partial charge in [-0.15, -0.1) is 0 Å². The van der Waals surface area contributed by atoms with Gasteiger partial charge in [0.05, 0.1) is 5.69 Å². The zero-order valence-corrected chi connectivity index (χ0v) is 16.3. The molecule has 1 fully saturated rings. The van der Waals surface area contributed by atoms with Crippen molar-refractivity contribution in [1.29, 1.82) is 0 Å². The Bertz CT molecular complexity index is 836. The number of benzene rings is 2. The monoisotopic (exact) mass is 403 g/mol. The molecule has 0 aromatic heterocycles. The highest BCUT2D eigenvalue weighted by atomic mass is 35.5. The molecule has 3 rings (SSSR count). The molecule has 1 aliphatic heterocycles. The quantitative estimate of drug-likeness (QED) is 0.680. The average molecular weight is 404 g/mol. The summed E-state index contributed by atoms with van der Waals surface area (Å²) in [5.41, 5.74) is 1.47. The Balaban J connectivity index is 1.48. The number of amides is 2. The van der Waals surface area contributed by atoms with Crippen molar-refractivity contribution < 1.29 is 14.0 Å². The lowest BCUT2D eigenvalue weighted by Gasteiger charge is -2.22. The van der Waals surface area contributed by atoms with Crippen LogP contribution in [0.2, 0.25) is 5.02 Å². The number of nitrogens with zero attached hydrogens (tertiary/aromatic N) is 1. The minimum atomic E-state index is -0.436. The van der Waals surface area contributed by atoms with E-state index in [1.807, 2.05) is 6.07 Å². The summed E-state index contributed by atoms with van der Waals surface area (Å²) in [6, 6.07) is 11.4. The molecule has 2 aromatic carbocycles. The maximum absolute atomic E-state index is 14.3. The number of anilines is 2. The Morgan fingerprint density at radius 1 is 1.07 bits per heavy atom. The third-order valence-electron chi connectivity index (χ3n) is 4.68. The van der Waals surface area contributed by atoms with Gasteiger partial charge in [-0.05, 0) is 55.7 Å². The van der Waals surface area contributed by atoms with Crippen molar-refractivity contribution in [2.24, 2.45) is 0 Å². The zero-order chi connectivity index (χ0) is 19.9. The molecular weight excluding hydrogens is 381 g/mol. The first-order valence-electron chi connectivity index (χ1n) is 9.41. The number of halogens is 2. The molecule has 0 saturated carbocycles. The topological polar surface area (TPSA) is 61.4 Å². The number of para-hydroxylation sites is 1. The summed E-state index contributed by atoms with van der Waals surface area (Å²) >= 11 is 5.80. The van der Waals surface area contributed by atoms with E-state index in [4.69, 9.17) is 11.6 Å². The smallest absolute Gasteiger partial charge is 0.251 e. The summed E-state index contributed by atoms with van der Waals surface area (Å²) in [7, 11) is 0. The largest absolute Gasteiger partial charge is 0.370 e. The summed E-state index contributed by atoms with van der Waals surface area (Å²) < 4.78 is 14.3. The van der Waals surface area contributed by atoms with E-state index in [9.17, 15) is 14.0 Å². The second-order valence-electron chi connectivity index (χ2n) is 6.74. The van der Waals surface area contributed by atoms with E-state index in [-0.39, 0.29) is 23.9 Å². The van der Waals surface area contributed by atoms with E-state index in [1.54, 1.807) is 30.3 Å². The van der Waals surface area contributed by atoms with Gasteiger partial charge in [-0.1, -0.05) is 17.7 Å². The van der Waals surface area contributed by atoms with E-state index in [0.717, 1.165) is 31.6 Å². The Morgan fingerprint density at radius 3 is 2.50 bits per heavy atom. The molecule has 148 valence electrons. The lowest BCUT2D eigenvalue weighted by Crippen LogP contribution is -2.26. The first-order chi connectivity index (χ1) is 13.5. The van der Waals surface area contributed by atoms with Crippen LogP contribution in [-0.4, -0.2) is 31.4 Å². The predicted octanol–water partition coefficient (Wildman–Crippen LogP) is 4.23. The fourth-order valence-electron chi connectivity index (χ4n) is 3.21. The van der Waals surface area contributed by atoms with Crippen molar-refractivity contribution >= 4 is 34.8 Å². The molecule has 28 heavy (non-hydrogen) atoms. The molecule has 1 aliphatic rings. The summed E-state index contributed by atoms with van der Waals surface area (Å²) in [4.78, 5) is 26.4. The van der Waals surface area contributed by atoms with Crippen molar-refractivity contribution in [3.63, 3.8) is 0 Å². The van der Waals surface area contributed by atoms with Crippen LogP contribution >= 0.6 is 11.6 Å². The van der Waals surface area contributed by atoms with Gasteiger partial charge in [-0.2, -0.15) is 0 Å².